The van der Waals surface area contributed by atoms with Gasteiger partial charge in [0.05, 0.1) is 0 Å². The number of hydrogen-bond acceptors (Lipinski definition) is 2. The number of H-pyrrole nitrogens is 1. The SMILES string of the molecule is Cc1ccc(CNCc2cc3cc(C)ccc3[nH]c2=O)cc1. The topological polar surface area (TPSA) is 44.9 Å². The van der Waals surface area contributed by atoms with Crippen LogP contribution in [0.3, 0.4) is 0 Å². The van der Waals surface area contributed by atoms with Crippen molar-refractivity contribution in [2.75, 3.05) is 0 Å². The van der Waals surface area contributed by atoms with Crippen LogP contribution in [0.2, 0.25) is 0 Å². The molecule has 2 N–H and O–H groups in total. The Morgan fingerprint density at radius 2 is 1.64 bits per heavy atom. The fourth-order valence-electron chi connectivity index (χ4n) is 2.55. The molecule has 0 bridgehead atoms. The highest BCUT2D eigenvalue weighted by Gasteiger charge is 2.03. The highest BCUT2D eigenvalue weighted by Crippen LogP contribution is 2.13. The summed E-state index contributed by atoms with van der Waals surface area (Å²) in [6.45, 7) is 5.45. The van der Waals surface area contributed by atoms with Crippen molar-refractivity contribution in [3.8, 4) is 0 Å². The molecular weight excluding hydrogens is 272 g/mol. The first-order valence-electron chi connectivity index (χ1n) is 7.51. The molecule has 0 radical (unpaired) electrons. The molecule has 0 amide bonds. The largest absolute Gasteiger partial charge is 0.322 e. The van der Waals surface area contributed by atoms with Crippen LogP contribution >= 0.6 is 0 Å². The molecule has 1 heterocycles. The van der Waals surface area contributed by atoms with Crippen molar-refractivity contribution >= 4 is 10.9 Å². The lowest BCUT2D eigenvalue weighted by Crippen LogP contribution is -2.20. The predicted molar refractivity (Wildman–Crippen MR) is 91.0 cm³/mol. The molecule has 22 heavy (non-hydrogen) atoms. The minimum Gasteiger partial charge on any atom is -0.322 e. The van der Waals surface area contributed by atoms with Crippen molar-refractivity contribution in [3.63, 3.8) is 0 Å². The van der Waals surface area contributed by atoms with Crippen LogP contribution in [0.1, 0.15) is 22.3 Å². The third-order valence-corrected chi connectivity index (χ3v) is 3.84. The Kier molecular flexibility index (Phi) is 4.07. The van der Waals surface area contributed by atoms with E-state index in [1.165, 1.54) is 16.7 Å². The van der Waals surface area contributed by atoms with E-state index in [2.05, 4.69) is 54.5 Å². The van der Waals surface area contributed by atoms with E-state index in [-0.39, 0.29) is 5.56 Å². The Morgan fingerprint density at radius 1 is 0.909 bits per heavy atom. The van der Waals surface area contributed by atoms with E-state index in [0.29, 0.717) is 6.54 Å². The van der Waals surface area contributed by atoms with Gasteiger partial charge in [-0.1, -0.05) is 41.5 Å². The number of fused-ring (bicyclic) bond motifs is 1. The maximum absolute atomic E-state index is 12.1. The second kappa shape index (κ2) is 6.16. The van der Waals surface area contributed by atoms with Gasteiger partial charge < -0.3 is 10.3 Å². The number of aryl methyl sites for hydroxylation is 2. The summed E-state index contributed by atoms with van der Waals surface area (Å²) in [5.41, 5.74) is 5.30. The molecule has 1 aromatic heterocycles. The minimum atomic E-state index is -0.0206. The van der Waals surface area contributed by atoms with E-state index in [0.717, 1.165) is 23.0 Å². The Hall–Kier alpha value is -2.39. The number of nitrogens with one attached hydrogen (secondary N) is 2. The molecule has 2 aromatic carbocycles. The van der Waals surface area contributed by atoms with Crippen LogP contribution in [-0.4, -0.2) is 4.98 Å². The van der Waals surface area contributed by atoms with Crippen LogP contribution in [0.15, 0.2) is 53.3 Å². The highest BCUT2D eigenvalue weighted by atomic mass is 16.1. The molecule has 0 saturated carbocycles. The van der Waals surface area contributed by atoms with Crippen molar-refractivity contribution < 1.29 is 0 Å². The summed E-state index contributed by atoms with van der Waals surface area (Å²) < 4.78 is 0. The molecule has 3 rings (SSSR count). The van der Waals surface area contributed by atoms with Crippen LogP contribution in [-0.2, 0) is 13.1 Å². The molecule has 0 fully saturated rings. The van der Waals surface area contributed by atoms with Gasteiger partial charge in [-0.05, 0) is 43.0 Å². The Labute approximate surface area is 130 Å². The van der Waals surface area contributed by atoms with Gasteiger partial charge in [-0.15, -0.1) is 0 Å². The van der Waals surface area contributed by atoms with Crippen molar-refractivity contribution in [2.24, 2.45) is 0 Å². The first kappa shape index (κ1) is 14.5. The average molecular weight is 292 g/mol. The van der Waals surface area contributed by atoms with Crippen LogP contribution in [0.4, 0.5) is 0 Å². The molecule has 0 spiro atoms. The smallest absolute Gasteiger partial charge is 0.252 e. The van der Waals surface area contributed by atoms with Gasteiger partial charge in [-0.25, -0.2) is 0 Å². The standard InChI is InChI=1S/C19H20N2O/c1-13-3-6-15(7-4-13)11-20-12-17-10-16-9-14(2)5-8-18(16)21-19(17)22/h3-10,20H,11-12H2,1-2H3,(H,21,22). The quantitative estimate of drug-likeness (QED) is 0.773. The lowest BCUT2D eigenvalue weighted by atomic mass is 10.1. The zero-order valence-electron chi connectivity index (χ0n) is 12.9. The van der Waals surface area contributed by atoms with Crippen molar-refractivity contribution in [1.29, 1.82) is 0 Å². The fraction of sp³-hybridized carbons (Fsp3) is 0.211. The van der Waals surface area contributed by atoms with E-state index in [4.69, 9.17) is 0 Å². The predicted octanol–water partition coefficient (Wildman–Crippen LogP) is 3.43. The molecule has 0 atom stereocenters. The Bertz CT molecular complexity index is 847. The molecule has 0 unspecified atom stereocenters. The molecule has 0 aliphatic rings. The lowest BCUT2D eigenvalue weighted by Gasteiger charge is -2.07. The van der Waals surface area contributed by atoms with Crippen LogP contribution in [0.5, 0.6) is 0 Å². The Morgan fingerprint density at radius 3 is 2.41 bits per heavy atom. The third-order valence-electron chi connectivity index (χ3n) is 3.84. The van der Waals surface area contributed by atoms with Crippen molar-refractivity contribution in [2.45, 2.75) is 26.9 Å². The number of rotatable bonds is 4. The number of aromatic nitrogens is 1. The second-order valence-electron chi connectivity index (χ2n) is 5.80. The van der Waals surface area contributed by atoms with Gasteiger partial charge in [0.15, 0.2) is 0 Å². The first-order chi connectivity index (χ1) is 10.6. The number of hydrogen-bond donors (Lipinski definition) is 2. The maximum atomic E-state index is 12.1. The van der Waals surface area contributed by atoms with Crippen LogP contribution in [0.25, 0.3) is 10.9 Å². The molecular formula is C19H20N2O. The number of benzene rings is 2. The monoisotopic (exact) mass is 292 g/mol. The lowest BCUT2D eigenvalue weighted by molar-refractivity contribution is 0.688. The molecule has 3 heteroatoms. The molecule has 3 aromatic rings. The zero-order chi connectivity index (χ0) is 15.5. The minimum absolute atomic E-state index is 0.0206. The molecule has 3 nitrogen and oxygen atoms in total. The van der Waals surface area contributed by atoms with Gasteiger partial charge in [0.1, 0.15) is 0 Å². The summed E-state index contributed by atoms with van der Waals surface area (Å²) in [6.07, 6.45) is 0. The number of aromatic amines is 1. The highest BCUT2D eigenvalue weighted by molar-refractivity contribution is 5.79. The van der Waals surface area contributed by atoms with E-state index in [9.17, 15) is 4.79 Å². The molecule has 0 aliphatic carbocycles. The molecule has 0 aliphatic heterocycles. The summed E-state index contributed by atoms with van der Waals surface area (Å²) in [7, 11) is 0. The summed E-state index contributed by atoms with van der Waals surface area (Å²) in [5, 5.41) is 4.41. The van der Waals surface area contributed by atoms with E-state index >= 15 is 0 Å². The van der Waals surface area contributed by atoms with Gasteiger partial charge in [0.25, 0.3) is 5.56 Å². The number of pyridine rings is 1. The van der Waals surface area contributed by atoms with Crippen LogP contribution in [0, 0.1) is 13.8 Å². The van der Waals surface area contributed by atoms with Gasteiger partial charge in [-0.3, -0.25) is 4.79 Å². The van der Waals surface area contributed by atoms with E-state index in [1.54, 1.807) is 0 Å². The van der Waals surface area contributed by atoms with Gasteiger partial charge in [0.2, 0.25) is 0 Å². The van der Waals surface area contributed by atoms with Crippen molar-refractivity contribution in [3.05, 3.63) is 81.1 Å². The van der Waals surface area contributed by atoms with Crippen molar-refractivity contribution in [1.82, 2.24) is 10.3 Å². The first-order valence-corrected chi connectivity index (χ1v) is 7.51. The maximum Gasteiger partial charge on any atom is 0.252 e. The molecule has 112 valence electrons. The van der Waals surface area contributed by atoms with E-state index in [1.807, 2.05) is 18.2 Å². The summed E-state index contributed by atoms with van der Waals surface area (Å²) in [5.74, 6) is 0. The van der Waals surface area contributed by atoms with Gasteiger partial charge in [0, 0.05) is 24.2 Å². The normalized spacial score (nSPS) is 11.0. The third kappa shape index (κ3) is 3.26. The van der Waals surface area contributed by atoms with Gasteiger partial charge in [-0.2, -0.15) is 0 Å². The second-order valence-corrected chi connectivity index (χ2v) is 5.80. The Balaban J connectivity index is 1.74. The average Bonchev–Trinajstić information content (AvgIpc) is 2.50. The van der Waals surface area contributed by atoms with E-state index < -0.39 is 0 Å². The summed E-state index contributed by atoms with van der Waals surface area (Å²) in [6, 6.07) is 16.4. The summed E-state index contributed by atoms with van der Waals surface area (Å²) in [4.78, 5) is 15.1. The fourth-order valence-corrected chi connectivity index (χ4v) is 2.55. The van der Waals surface area contributed by atoms with Crippen LogP contribution < -0.4 is 10.9 Å². The zero-order valence-corrected chi connectivity index (χ0v) is 12.9. The van der Waals surface area contributed by atoms with Gasteiger partial charge >= 0.3 is 0 Å². The summed E-state index contributed by atoms with van der Waals surface area (Å²) >= 11 is 0. The molecule has 0 saturated heterocycles.